The molecule has 2 rings (SSSR count). The minimum absolute atomic E-state index is 0. The first-order valence-corrected chi connectivity index (χ1v) is 6.62. The lowest BCUT2D eigenvalue weighted by molar-refractivity contribution is 0.168. The molecule has 1 aliphatic rings. The van der Waals surface area contributed by atoms with Crippen LogP contribution in [0.4, 0.5) is 0 Å². The molecule has 1 fully saturated rings. The van der Waals surface area contributed by atoms with Crippen molar-refractivity contribution >= 4 is 12.4 Å². The zero-order valence-corrected chi connectivity index (χ0v) is 12.2. The molecule has 2 heterocycles. The van der Waals surface area contributed by atoms with Crippen LogP contribution in [0.2, 0.25) is 0 Å². The number of nitrogens with zero attached hydrogens (tertiary/aromatic N) is 3. The Morgan fingerprint density at radius 1 is 1.39 bits per heavy atom. The summed E-state index contributed by atoms with van der Waals surface area (Å²) < 4.78 is 2.12. The second-order valence-electron chi connectivity index (χ2n) is 5.07. The highest BCUT2D eigenvalue weighted by molar-refractivity contribution is 5.85. The third-order valence-corrected chi connectivity index (χ3v) is 3.80. The van der Waals surface area contributed by atoms with Crippen LogP contribution in [0.1, 0.15) is 25.1 Å². The summed E-state index contributed by atoms with van der Waals surface area (Å²) in [4.78, 5) is 6.92. The number of halogens is 1. The Kier molecular flexibility index (Phi) is 6.68. The largest absolute Gasteiger partial charge is 0.337 e. The highest BCUT2D eigenvalue weighted by atomic mass is 35.5. The Morgan fingerprint density at radius 2 is 2.11 bits per heavy atom. The molecule has 0 bridgehead atoms. The van der Waals surface area contributed by atoms with Crippen molar-refractivity contribution in [2.75, 3.05) is 26.7 Å². The van der Waals surface area contributed by atoms with Crippen molar-refractivity contribution in [2.24, 2.45) is 13.0 Å². The van der Waals surface area contributed by atoms with E-state index in [0.717, 1.165) is 19.0 Å². The Morgan fingerprint density at radius 3 is 2.67 bits per heavy atom. The third kappa shape index (κ3) is 4.26. The first-order valence-electron chi connectivity index (χ1n) is 6.62. The molecule has 104 valence electrons. The van der Waals surface area contributed by atoms with Crippen LogP contribution in [0.3, 0.4) is 0 Å². The summed E-state index contributed by atoms with van der Waals surface area (Å²) in [5.74, 6) is 2.10. The highest BCUT2D eigenvalue weighted by Crippen LogP contribution is 2.20. The molecule has 0 unspecified atom stereocenters. The molecule has 5 heteroatoms. The molecule has 0 aliphatic carbocycles. The van der Waals surface area contributed by atoms with Gasteiger partial charge in [0, 0.05) is 19.4 Å². The van der Waals surface area contributed by atoms with E-state index in [1.165, 1.54) is 38.2 Å². The summed E-state index contributed by atoms with van der Waals surface area (Å²) in [6.45, 7) is 4.61. The van der Waals surface area contributed by atoms with E-state index >= 15 is 0 Å². The first kappa shape index (κ1) is 15.5. The zero-order valence-electron chi connectivity index (χ0n) is 11.4. The Hall–Kier alpha value is -0.580. The SMILES string of the molecule is CNCCC1CCN(Cc2nccn2C)CC1.Cl. The molecular formula is C13H25ClN4. The average molecular weight is 273 g/mol. The van der Waals surface area contributed by atoms with E-state index in [2.05, 4.69) is 26.8 Å². The Balaban J connectivity index is 0.00000162. The van der Waals surface area contributed by atoms with E-state index in [9.17, 15) is 0 Å². The van der Waals surface area contributed by atoms with Crippen LogP contribution in [0.15, 0.2) is 12.4 Å². The summed E-state index contributed by atoms with van der Waals surface area (Å²) in [6.07, 6.45) is 7.91. The molecule has 0 radical (unpaired) electrons. The van der Waals surface area contributed by atoms with Crippen molar-refractivity contribution in [1.29, 1.82) is 0 Å². The maximum atomic E-state index is 4.39. The number of nitrogens with one attached hydrogen (secondary N) is 1. The molecular weight excluding hydrogens is 248 g/mol. The van der Waals surface area contributed by atoms with Crippen molar-refractivity contribution in [3.05, 3.63) is 18.2 Å². The predicted molar refractivity (Wildman–Crippen MR) is 77.0 cm³/mol. The fourth-order valence-corrected chi connectivity index (χ4v) is 2.53. The second kappa shape index (κ2) is 7.77. The number of aromatic nitrogens is 2. The van der Waals surface area contributed by atoms with E-state index in [1.807, 2.05) is 19.4 Å². The normalized spacial score (nSPS) is 17.7. The van der Waals surface area contributed by atoms with E-state index in [1.54, 1.807) is 0 Å². The lowest BCUT2D eigenvalue weighted by atomic mass is 9.93. The molecule has 18 heavy (non-hydrogen) atoms. The lowest BCUT2D eigenvalue weighted by Crippen LogP contribution is -2.34. The van der Waals surface area contributed by atoms with Crippen LogP contribution in [-0.2, 0) is 13.6 Å². The summed E-state index contributed by atoms with van der Waals surface area (Å²) in [6, 6.07) is 0. The second-order valence-corrected chi connectivity index (χ2v) is 5.07. The number of aryl methyl sites for hydroxylation is 1. The van der Waals surface area contributed by atoms with Crippen LogP contribution in [0, 0.1) is 5.92 Å². The van der Waals surface area contributed by atoms with Gasteiger partial charge in [-0.25, -0.2) is 4.98 Å². The molecule has 0 spiro atoms. The lowest BCUT2D eigenvalue weighted by Gasteiger charge is -2.31. The molecule has 1 aromatic heterocycles. The van der Waals surface area contributed by atoms with E-state index in [4.69, 9.17) is 0 Å². The minimum Gasteiger partial charge on any atom is -0.337 e. The molecule has 0 amide bonds. The summed E-state index contributed by atoms with van der Waals surface area (Å²) in [7, 11) is 4.11. The van der Waals surface area contributed by atoms with Gasteiger partial charge in [-0.1, -0.05) is 0 Å². The molecule has 1 N–H and O–H groups in total. The van der Waals surface area contributed by atoms with Crippen molar-refractivity contribution < 1.29 is 0 Å². The molecule has 0 atom stereocenters. The monoisotopic (exact) mass is 272 g/mol. The van der Waals surface area contributed by atoms with Gasteiger partial charge in [-0.3, -0.25) is 4.90 Å². The van der Waals surface area contributed by atoms with Gasteiger partial charge in [-0.2, -0.15) is 0 Å². The van der Waals surface area contributed by atoms with Crippen molar-refractivity contribution in [3.63, 3.8) is 0 Å². The molecule has 0 aromatic carbocycles. The molecule has 1 saturated heterocycles. The van der Waals surface area contributed by atoms with Gasteiger partial charge in [-0.05, 0) is 51.9 Å². The molecule has 1 aliphatic heterocycles. The maximum Gasteiger partial charge on any atom is 0.122 e. The van der Waals surface area contributed by atoms with E-state index in [0.29, 0.717) is 0 Å². The van der Waals surface area contributed by atoms with Crippen LogP contribution in [0.25, 0.3) is 0 Å². The summed E-state index contributed by atoms with van der Waals surface area (Å²) >= 11 is 0. The highest BCUT2D eigenvalue weighted by Gasteiger charge is 2.19. The maximum absolute atomic E-state index is 4.39. The number of imidazole rings is 1. The summed E-state index contributed by atoms with van der Waals surface area (Å²) in [5, 5.41) is 3.24. The average Bonchev–Trinajstić information content (AvgIpc) is 2.74. The van der Waals surface area contributed by atoms with Gasteiger partial charge in [-0.15, -0.1) is 12.4 Å². The topological polar surface area (TPSA) is 33.1 Å². The van der Waals surface area contributed by atoms with Gasteiger partial charge in [0.1, 0.15) is 5.82 Å². The number of rotatable bonds is 5. The smallest absolute Gasteiger partial charge is 0.122 e. The standard InChI is InChI=1S/C13H24N4.ClH/c1-14-6-3-12-4-8-17(9-5-12)11-13-15-7-10-16(13)2;/h7,10,12,14H,3-6,8-9,11H2,1-2H3;1H. The van der Waals surface area contributed by atoms with Gasteiger partial charge in [0.2, 0.25) is 0 Å². The fourth-order valence-electron chi connectivity index (χ4n) is 2.53. The quantitative estimate of drug-likeness (QED) is 0.885. The molecule has 4 nitrogen and oxygen atoms in total. The predicted octanol–water partition coefficient (Wildman–Crippen LogP) is 1.66. The van der Waals surface area contributed by atoms with Crippen molar-refractivity contribution in [1.82, 2.24) is 19.8 Å². The van der Waals surface area contributed by atoms with Crippen LogP contribution < -0.4 is 5.32 Å². The minimum atomic E-state index is 0. The van der Waals surface area contributed by atoms with Gasteiger partial charge in [0.25, 0.3) is 0 Å². The van der Waals surface area contributed by atoms with Crippen molar-refractivity contribution in [2.45, 2.75) is 25.8 Å². The number of likely N-dealkylation sites (tertiary alicyclic amines) is 1. The molecule has 0 saturated carbocycles. The van der Waals surface area contributed by atoms with E-state index in [-0.39, 0.29) is 12.4 Å². The molecule has 1 aromatic rings. The van der Waals surface area contributed by atoms with Gasteiger partial charge in [0.15, 0.2) is 0 Å². The van der Waals surface area contributed by atoms with Gasteiger partial charge < -0.3 is 9.88 Å². The zero-order chi connectivity index (χ0) is 12.1. The van der Waals surface area contributed by atoms with E-state index < -0.39 is 0 Å². The summed E-state index contributed by atoms with van der Waals surface area (Å²) in [5.41, 5.74) is 0. The number of hydrogen-bond donors (Lipinski definition) is 1. The Labute approximate surface area is 116 Å². The van der Waals surface area contributed by atoms with Crippen LogP contribution in [-0.4, -0.2) is 41.1 Å². The van der Waals surface area contributed by atoms with Gasteiger partial charge in [0.05, 0.1) is 6.54 Å². The number of piperidine rings is 1. The number of hydrogen-bond acceptors (Lipinski definition) is 3. The first-order chi connectivity index (χ1) is 8.29. The fraction of sp³-hybridized carbons (Fsp3) is 0.769. The third-order valence-electron chi connectivity index (χ3n) is 3.80. The van der Waals surface area contributed by atoms with Crippen LogP contribution >= 0.6 is 12.4 Å². The van der Waals surface area contributed by atoms with Crippen LogP contribution in [0.5, 0.6) is 0 Å². The van der Waals surface area contributed by atoms with Crippen molar-refractivity contribution in [3.8, 4) is 0 Å². The Bertz CT molecular complexity index is 331. The van der Waals surface area contributed by atoms with Gasteiger partial charge >= 0.3 is 0 Å².